The van der Waals surface area contributed by atoms with Gasteiger partial charge in [0.05, 0.1) is 11.5 Å². The minimum Gasteiger partial charge on any atom is -0.340 e. The lowest BCUT2D eigenvalue weighted by Crippen LogP contribution is -2.54. The largest absolute Gasteiger partial charge is 0.340 e. The first-order valence-electron chi connectivity index (χ1n) is 19.1. The van der Waals surface area contributed by atoms with Crippen molar-refractivity contribution in [2.75, 3.05) is 11.4 Å². The van der Waals surface area contributed by atoms with Crippen LogP contribution in [0.2, 0.25) is 0 Å². The van der Waals surface area contributed by atoms with Gasteiger partial charge in [-0.25, -0.2) is 0 Å². The summed E-state index contributed by atoms with van der Waals surface area (Å²) in [6, 6.07) is 27.2. The highest BCUT2D eigenvalue weighted by Crippen LogP contribution is 2.68. The minimum absolute atomic E-state index is 0.0572. The molecule has 2 nitrogen and oxygen atoms in total. The number of fused-ring (bicyclic) bond motifs is 11. The predicted octanol–water partition coefficient (Wildman–Crippen LogP) is 9.31. The fourth-order valence-corrected chi connectivity index (χ4v) is 10.6. The van der Waals surface area contributed by atoms with Crippen molar-refractivity contribution in [3.8, 4) is 0 Å². The number of anilines is 1. The molecule has 3 aromatic carbocycles. The van der Waals surface area contributed by atoms with E-state index in [2.05, 4.69) is 184 Å². The van der Waals surface area contributed by atoms with E-state index in [9.17, 15) is 0 Å². The van der Waals surface area contributed by atoms with Gasteiger partial charge in [0.15, 0.2) is 0 Å². The van der Waals surface area contributed by atoms with Crippen LogP contribution in [-0.2, 0) is 10.8 Å². The van der Waals surface area contributed by atoms with Gasteiger partial charge < -0.3 is 10.6 Å². The van der Waals surface area contributed by atoms with Crippen molar-refractivity contribution in [2.24, 2.45) is 17.6 Å². The Morgan fingerprint density at radius 2 is 1.63 bits per heavy atom. The van der Waals surface area contributed by atoms with E-state index < -0.39 is 0 Å². The van der Waals surface area contributed by atoms with Crippen molar-refractivity contribution >= 4 is 18.0 Å². The maximum atomic E-state index is 6.08. The number of hydrogen-bond donors (Lipinski definition) is 1. The van der Waals surface area contributed by atoms with Crippen LogP contribution in [0.3, 0.4) is 0 Å². The second kappa shape index (κ2) is 12.5. The lowest BCUT2D eigenvalue weighted by Gasteiger charge is -2.54. The highest BCUT2D eigenvalue weighted by atomic mass is 15.2. The molecule has 6 aliphatic rings. The van der Waals surface area contributed by atoms with Crippen LogP contribution in [0.5, 0.6) is 0 Å². The maximum Gasteiger partial charge on any atom is 0.0598 e. The summed E-state index contributed by atoms with van der Waals surface area (Å²) < 4.78 is 0. The monoisotopic (exact) mass is 676 g/mol. The Labute approximate surface area is 309 Å². The zero-order valence-electron chi connectivity index (χ0n) is 30.6. The molecule has 0 saturated heterocycles. The second-order valence-electron chi connectivity index (χ2n) is 15.7. The standard InChI is InChI=1S/C50H48N2/c1-5-6-7-16-33(2)35-25-28-46-44(31-35)50(41-23-14-15-24-45(41)52(46)32-36-18-9-8-17-34(36)29-30-51)40-22-13-11-20-38(40)48-43(50)27-26-42-47(48)37-19-10-12-21-39(37)49(42,3)4/h5-10,12-19,21-29,31-32,42,44,46-47H,2,11,20,30,51H2,1,3-4H3/b6-5-,16-7-,34-29-,36-32+. The molecule has 2 heteroatoms. The van der Waals surface area contributed by atoms with Crippen LogP contribution < -0.4 is 21.1 Å². The summed E-state index contributed by atoms with van der Waals surface area (Å²) in [5.74, 6) is 0.877. The molecule has 0 aromatic heterocycles. The molecule has 52 heavy (non-hydrogen) atoms. The van der Waals surface area contributed by atoms with Crippen molar-refractivity contribution in [3.05, 3.63) is 207 Å². The van der Waals surface area contributed by atoms with Crippen molar-refractivity contribution < 1.29 is 0 Å². The molecule has 0 fully saturated rings. The molecule has 0 radical (unpaired) electrons. The van der Waals surface area contributed by atoms with Crippen LogP contribution in [0, 0.1) is 11.8 Å². The zero-order valence-corrected chi connectivity index (χ0v) is 30.6. The summed E-state index contributed by atoms with van der Waals surface area (Å²) in [6.45, 7) is 12.1. The first-order chi connectivity index (χ1) is 25.4. The van der Waals surface area contributed by atoms with E-state index in [1.54, 1.807) is 11.1 Å². The SMILES string of the molecule is C=C(/C=C\C=C/C)C1=CC2C(C=C1)N(/C=c1\cccc\c1=C\CN)c1ccccc1C21C2=C(CCC=C2)C2=C1C=CC1C2c2ccccc2C1(C)C. The van der Waals surface area contributed by atoms with Gasteiger partial charge in [0, 0.05) is 30.3 Å². The number of benzene rings is 3. The van der Waals surface area contributed by atoms with Gasteiger partial charge in [-0.1, -0.05) is 160 Å². The Bertz CT molecular complexity index is 2380. The van der Waals surface area contributed by atoms with Crippen LogP contribution in [0.4, 0.5) is 5.69 Å². The van der Waals surface area contributed by atoms with Crippen LogP contribution in [0.25, 0.3) is 12.3 Å². The Morgan fingerprint density at radius 3 is 2.46 bits per heavy atom. The number of nitrogens with zero attached hydrogens (tertiary/aromatic N) is 1. The molecule has 258 valence electrons. The molecule has 9 rings (SSSR count). The predicted molar refractivity (Wildman–Crippen MR) is 219 cm³/mol. The molecule has 5 atom stereocenters. The summed E-state index contributed by atoms with van der Waals surface area (Å²) in [6.07, 6.45) is 32.5. The number of nitrogens with two attached hydrogens (primary N) is 1. The molecule has 3 aromatic rings. The van der Waals surface area contributed by atoms with E-state index in [4.69, 9.17) is 5.73 Å². The van der Waals surface area contributed by atoms with Gasteiger partial charge in [0.2, 0.25) is 0 Å². The smallest absolute Gasteiger partial charge is 0.0598 e. The molecule has 0 bridgehead atoms. The summed E-state index contributed by atoms with van der Waals surface area (Å²) in [5.41, 5.74) is 19.8. The quantitative estimate of drug-likeness (QED) is 0.273. The summed E-state index contributed by atoms with van der Waals surface area (Å²) in [5, 5.41) is 2.33. The van der Waals surface area contributed by atoms with E-state index in [1.165, 1.54) is 44.3 Å². The van der Waals surface area contributed by atoms with E-state index in [0.29, 0.717) is 18.4 Å². The van der Waals surface area contributed by atoms with E-state index in [1.807, 2.05) is 0 Å². The fourth-order valence-electron chi connectivity index (χ4n) is 10.6. The Kier molecular flexibility index (Phi) is 7.86. The highest BCUT2D eigenvalue weighted by Gasteiger charge is 2.61. The first-order valence-corrected chi connectivity index (χ1v) is 19.1. The molecule has 2 N–H and O–H groups in total. The molecular formula is C50H48N2. The van der Waals surface area contributed by atoms with Gasteiger partial charge in [-0.3, -0.25) is 0 Å². The third-order valence-electron chi connectivity index (χ3n) is 12.8. The summed E-state index contributed by atoms with van der Waals surface area (Å²) in [4.78, 5) is 2.55. The van der Waals surface area contributed by atoms with Gasteiger partial charge in [0.25, 0.3) is 0 Å². The minimum atomic E-state index is -0.359. The lowest BCUT2D eigenvalue weighted by molar-refractivity contribution is 0.369. The van der Waals surface area contributed by atoms with Crippen molar-refractivity contribution in [1.82, 2.24) is 0 Å². The topological polar surface area (TPSA) is 29.3 Å². The lowest BCUT2D eigenvalue weighted by atomic mass is 9.55. The fraction of sp³-hybridized carbons (Fsp3) is 0.240. The van der Waals surface area contributed by atoms with E-state index >= 15 is 0 Å². The van der Waals surface area contributed by atoms with Gasteiger partial charge >= 0.3 is 0 Å². The summed E-state index contributed by atoms with van der Waals surface area (Å²) >= 11 is 0. The van der Waals surface area contributed by atoms with Gasteiger partial charge in [-0.15, -0.1) is 0 Å². The Morgan fingerprint density at radius 1 is 0.865 bits per heavy atom. The average molecular weight is 677 g/mol. The van der Waals surface area contributed by atoms with E-state index in [0.717, 1.165) is 23.6 Å². The Balaban J connectivity index is 1.35. The number of hydrogen-bond acceptors (Lipinski definition) is 2. The molecule has 5 unspecified atom stereocenters. The molecule has 1 aliphatic heterocycles. The second-order valence-corrected chi connectivity index (χ2v) is 15.7. The molecule has 1 heterocycles. The summed E-state index contributed by atoms with van der Waals surface area (Å²) in [7, 11) is 0. The third-order valence-corrected chi connectivity index (χ3v) is 12.8. The van der Waals surface area contributed by atoms with Crippen LogP contribution >= 0.6 is 0 Å². The van der Waals surface area contributed by atoms with Crippen molar-refractivity contribution in [3.63, 3.8) is 0 Å². The number of rotatable bonds is 5. The number of para-hydroxylation sites is 1. The van der Waals surface area contributed by atoms with Crippen LogP contribution in [0.1, 0.15) is 56.2 Å². The third kappa shape index (κ3) is 4.60. The molecule has 0 amide bonds. The highest BCUT2D eigenvalue weighted by molar-refractivity contribution is 5.82. The van der Waals surface area contributed by atoms with Crippen LogP contribution in [0.15, 0.2) is 180 Å². The molecule has 1 spiro atoms. The molecule has 0 saturated carbocycles. The van der Waals surface area contributed by atoms with Crippen molar-refractivity contribution in [2.45, 2.75) is 56.4 Å². The van der Waals surface area contributed by atoms with Crippen molar-refractivity contribution in [1.29, 1.82) is 0 Å². The number of allylic oxidation sites excluding steroid dienone is 15. The van der Waals surface area contributed by atoms with Gasteiger partial charge in [0.1, 0.15) is 0 Å². The molecule has 5 aliphatic carbocycles. The van der Waals surface area contributed by atoms with E-state index in [-0.39, 0.29) is 22.8 Å². The normalized spacial score (nSPS) is 28.4. The Hall–Kier alpha value is -5.18. The first kappa shape index (κ1) is 32.7. The van der Waals surface area contributed by atoms with Gasteiger partial charge in [-0.2, -0.15) is 0 Å². The molecular weight excluding hydrogens is 629 g/mol. The maximum absolute atomic E-state index is 6.08. The van der Waals surface area contributed by atoms with Crippen LogP contribution in [-0.4, -0.2) is 12.6 Å². The van der Waals surface area contributed by atoms with Gasteiger partial charge in [-0.05, 0) is 97.7 Å². The zero-order chi connectivity index (χ0) is 35.6. The average Bonchev–Trinajstić information content (AvgIpc) is 3.60.